The molecule has 0 spiro atoms. The van der Waals surface area contributed by atoms with Crippen LogP contribution in [0.1, 0.15) is 12.8 Å². The minimum atomic E-state index is -4.53. The summed E-state index contributed by atoms with van der Waals surface area (Å²) in [6.45, 7) is -2.56. The smallest absolute Gasteiger partial charge is 0.364 e. The first-order chi connectivity index (χ1) is 8.35. The van der Waals surface area contributed by atoms with Crippen molar-refractivity contribution < 1.29 is 37.3 Å². The number of Topliss-reactive ketones (excluding diaryl/α,β-unsaturated/α-hetero) is 1. The average molecular weight is 269 g/mol. The molecule has 0 aliphatic carbocycles. The number of halogens is 3. The van der Waals surface area contributed by atoms with E-state index in [4.69, 9.17) is 5.26 Å². The molecule has 0 aromatic heterocycles. The molecule has 0 bridgehead atoms. The lowest BCUT2D eigenvalue weighted by atomic mass is 10.3. The van der Waals surface area contributed by atoms with Gasteiger partial charge in [-0.3, -0.25) is 9.68 Å². The third-order valence-corrected chi connectivity index (χ3v) is 1.32. The van der Waals surface area contributed by atoms with E-state index >= 15 is 0 Å². The molecule has 0 rings (SSSR count). The van der Waals surface area contributed by atoms with Gasteiger partial charge in [-0.1, -0.05) is 0 Å². The van der Waals surface area contributed by atoms with E-state index in [0.717, 1.165) is 0 Å². The molecule has 0 N–H and O–H groups in total. The third-order valence-electron chi connectivity index (χ3n) is 1.32. The van der Waals surface area contributed by atoms with E-state index in [2.05, 4.69) is 14.5 Å². The number of ether oxygens (including phenoxy) is 1. The highest BCUT2D eigenvalue weighted by atomic mass is 19.4. The standard InChI is InChI=1S/C9H10F3NO5/c10-9(11,12)6-16-5-7(14)4-8(15)18-17-3-1-2-13/h1,3-6H2. The minimum Gasteiger partial charge on any atom is -0.364 e. The van der Waals surface area contributed by atoms with Gasteiger partial charge in [-0.2, -0.15) is 23.3 Å². The maximum Gasteiger partial charge on any atom is 0.411 e. The monoisotopic (exact) mass is 269 g/mol. The second kappa shape index (κ2) is 8.43. The molecule has 0 saturated heterocycles. The van der Waals surface area contributed by atoms with Gasteiger partial charge in [0.2, 0.25) is 0 Å². The maximum absolute atomic E-state index is 11.6. The van der Waals surface area contributed by atoms with Gasteiger partial charge < -0.3 is 4.74 Å². The van der Waals surface area contributed by atoms with Crippen molar-refractivity contribution in [1.82, 2.24) is 0 Å². The largest absolute Gasteiger partial charge is 0.411 e. The molecule has 0 saturated carbocycles. The van der Waals surface area contributed by atoms with Crippen LogP contribution in [0.3, 0.4) is 0 Å². The van der Waals surface area contributed by atoms with Crippen molar-refractivity contribution >= 4 is 11.8 Å². The zero-order valence-electron chi connectivity index (χ0n) is 9.16. The highest BCUT2D eigenvalue weighted by molar-refractivity contribution is 5.95. The van der Waals surface area contributed by atoms with Crippen molar-refractivity contribution in [2.45, 2.75) is 19.0 Å². The van der Waals surface area contributed by atoms with Gasteiger partial charge in [0.05, 0.1) is 12.5 Å². The Kier molecular flexibility index (Phi) is 7.66. The van der Waals surface area contributed by atoms with Crippen LogP contribution in [0.4, 0.5) is 13.2 Å². The number of hydrogen-bond donors (Lipinski definition) is 0. The first kappa shape index (κ1) is 16.3. The summed E-state index contributed by atoms with van der Waals surface area (Å²) >= 11 is 0. The van der Waals surface area contributed by atoms with Gasteiger partial charge in [-0.15, -0.1) is 0 Å². The Balaban J connectivity index is 3.62. The fourth-order valence-electron chi connectivity index (χ4n) is 0.717. The Morgan fingerprint density at radius 3 is 2.50 bits per heavy atom. The maximum atomic E-state index is 11.6. The molecule has 0 radical (unpaired) electrons. The van der Waals surface area contributed by atoms with E-state index in [1.807, 2.05) is 0 Å². The van der Waals surface area contributed by atoms with Crippen molar-refractivity contribution in [3.05, 3.63) is 0 Å². The summed E-state index contributed by atoms with van der Waals surface area (Å²) in [4.78, 5) is 30.1. The lowest BCUT2D eigenvalue weighted by Gasteiger charge is -2.06. The van der Waals surface area contributed by atoms with Crippen LogP contribution in [-0.4, -0.2) is 37.7 Å². The number of carbonyl (C=O) groups excluding carboxylic acids is 2. The van der Waals surface area contributed by atoms with Gasteiger partial charge in [0.25, 0.3) is 0 Å². The van der Waals surface area contributed by atoms with Gasteiger partial charge in [0.1, 0.15) is 26.2 Å². The van der Waals surface area contributed by atoms with Crippen molar-refractivity contribution in [1.29, 1.82) is 5.26 Å². The molecule has 0 heterocycles. The summed E-state index contributed by atoms with van der Waals surface area (Å²) in [5.41, 5.74) is 0. The van der Waals surface area contributed by atoms with E-state index in [1.54, 1.807) is 6.07 Å². The summed E-state index contributed by atoms with van der Waals surface area (Å²) < 4.78 is 38.9. The molecule has 0 fully saturated rings. The summed E-state index contributed by atoms with van der Waals surface area (Å²) in [5.74, 6) is -1.93. The van der Waals surface area contributed by atoms with Crippen LogP contribution in [0.2, 0.25) is 0 Å². The summed E-state index contributed by atoms with van der Waals surface area (Å²) in [7, 11) is 0. The van der Waals surface area contributed by atoms with Crippen molar-refractivity contribution in [3.8, 4) is 6.07 Å². The number of nitriles is 1. The second-order valence-electron chi connectivity index (χ2n) is 3.01. The van der Waals surface area contributed by atoms with Gasteiger partial charge in [0.15, 0.2) is 5.78 Å². The lowest BCUT2D eigenvalue weighted by molar-refractivity contribution is -0.270. The first-order valence-corrected chi connectivity index (χ1v) is 4.70. The van der Waals surface area contributed by atoms with Gasteiger partial charge in [0, 0.05) is 0 Å². The molecule has 9 heteroatoms. The Morgan fingerprint density at radius 1 is 1.28 bits per heavy atom. The van der Waals surface area contributed by atoms with Gasteiger partial charge in [-0.05, 0) is 0 Å². The molecular formula is C9H10F3NO5. The number of ketones is 1. The molecule has 0 aliphatic rings. The topological polar surface area (TPSA) is 85.6 Å². The van der Waals surface area contributed by atoms with Crippen LogP contribution in [0.15, 0.2) is 0 Å². The lowest BCUT2D eigenvalue weighted by Crippen LogP contribution is -2.22. The summed E-state index contributed by atoms with van der Waals surface area (Å²) in [5, 5.41) is 8.11. The van der Waals surface area contributed by atoms with E-state index in [9.17, 15) is 22.8 Å². The fraction of sp³-hybridized carbons (Fsp3) is 0.667. The number of hydrogen-bond acceptors (Lipinski definition) is 6. The van der Waals surface area contributed by atoms with Crippen LogP contribution in [-0.2, 0) is 24.1 Å². The van der Waals surface area contributed by atoms with E-state index in [0.29, 0.717) is 0 Å². The predicted octanol–water partition coefficient (Wildman–Crippen LogP) is 0.913. The summed E-state index contributed by atoms with van der Waals surface area (Å²) in [6, 6.07) is 1.71. The van der Waals surface area contributed by atoms with Crippen LogP contribution >= 0.6 is 0 Å². The van der Waals surface area contributed by atoms with E-state index in [1.165, 1.54) is 0 Å². The number of alkyl halides is 3. The molecule has 0 aromatic rings. The van der Waals surface area contributed by atoms with Crippen molar-refractivity contribution in [2.75, 3.05) is 19.8 Å². The van der Waals surface area contributed by atoms with Gasteiger partial charge >= 0.3 is 12.1 Å². The highest BCUT2D eigenvalue weighted by Crippen LogP contribution is 2.14. The normalized spacial score (nSPS) is 10.8. The molecule has 0 aliphatic heterocycles. The zero-order valence-corrected chi connectivity index (χ0v) is 9.16. The van der Waals surface area contributed by atoms with Gasteiger partial charge in [-0.25, -0.2) is 4.79 Å². The Hall–Kier alpha value is -1.66. The van der Waals surface area contributed by atoms with Crippen LogP contribution < -0.4 is 0 Å². The molecular weight excluding hydrogens is 259 g/mol. The predicted molar refractivity (Wildman–Crippen MR) is 48.8 cm³/mol. The van der Waals surface area contributed by atoms with Crippen molar-refractivity contribution in [3.63, 3.8) is 0 Å². The van der Waals surface area contributed by atoms with E-state index < -0.39 is 37.6 Å². The average Bonchev–Trinajstić information content (AvgIpc) is 2.22. The number of rotatable bonds is 8. The fourth-order valence-corrected chi connectivity index (χ4v) is 0.717. The Morgan fingerprint density at radius 2 is 1.94 bits per heavy atom. The van der Waals surface area contributed by atoms with Crippen LogP contribution in [0.25, 0.3) is 0 Å². The van der Waals surface area contributed by atoms with Crippen LogP contribution in [0, 0.1) is 11.3 Å². The van der Waals surface area contributed by atoms with E-state index in [-0.39, 0.29) is 13.0 Å². The molecule has 102 valence electrons. The Labute approximate surface area is 100 Å². The minimum absolute atomic E-state index is 0.00405. The SMILES string of the molecule is N#CCCOOC(=O)CC(=O)COCC(F)(F)F. The first-order valence-electron chi connectivity index (χ1n) is 4.70. The highest BCUT2D eigenvalue weighted by Gasteiger charge is 2.28. The Bertz CT molecular complexity index is 323. The number of carbonyl (C=O) groups is 2. The zero-order chi connectivity index (χ0) is 14.0. The van der Waals surface area contributed by atoms with Crippen molar-refractivity contribution in [2.24, 2.45) is 0 Å². The second-order valence-corrected chi connectivity index (χ2v) is 3.01. The van der Waals surface area contributed by atoms with Crippen LogP contribution in [0.5, 0.6) is 0 Å². The number of nitrogens with zero attached hydrogens (tertiary/aromatic N) is 1. The quantitative estimate of drug-likeness (QED) is 0.282. The molecule has 0 aromatic carbocycles. The summed E-state index contributed by atoms with van der Waals surface area (Å²) in [6.07, 6.45) is -5.29. The molecule has 18 heavy (non-hydrogen) atoms. The molecule has 0 unspecified atom stereocenters. The molecule has 0 amide bonds. The molecule has 0 atom stereocenters. The molecule has 6 nitrogen and oxygen atoms in total. The third kappa shape index (κ3) is 10.8.